The Morgan fingerprint density at radius 1 is 0.948 bits per heavy atom. The molecule has 1 aliphatic carbocycles. The summed E-state index contributed by atoms with van der Waals surface area (Å²) in [6.07, 6.45) is -1.63. The minimum Gasteiger partial charge on any atom is -0.460 e. The smallest absolute Gasteiger partial charge is 0.306 e. The van der Waals surface area contributed by atoms with Crippen molar-refractivity contribution in [2.45, 2.75) is 94.8 Å². The van der Waals surface area contributed by atoms with Gasteiger partial charge in [-0.15, -0.1) is 3.71 Å². The van der Waals surface area contributed by atoms with Gasteiger partial charge in [-0.3, -0.25) is 9.48 Å². The van der Waals surface area contributed by atoms with E-state index in [-0.39, 0.29) is 54.1 Å². The quantitative estimate of drug-likeness (QED) is 0.0795. The molecule has 0 radical (unpaired) electrons. The number of pyridine rings is 1. The molecule has 4 aromatic rings. The van der Waals surface area contributed by atoms with Crippen LogP contribution < -0.4 is 3.71 Å². The Bertz CT molecular complexity index is 2630. The van der Waals surface area contributed by atoms with E-state index in [1.54, 1.807) is 20.8 Å². The summed E-state index contributed by atoms with van der Waals surface area (Å²) >= 11 is 6.59. The van der Waals surface area contributed by atoms with Crippen molar-refractivity contribution in [2.24, 2.45) is 0 Å². The predicted octanol–water partition coefficient (Wildman–Crippen LogP) is 6.79. The number of fused-ring (bicyclic) bond motifs is 1. The fraction of sp³-hybridized carbons (Fsp3) is 0.447. The molecule has 5 rings (SSSR count). The first-order valence-electron chi connectivity index (χ1n) is 17.7. The minimum atomic E-state index is -4.66. The molecule has 0 amide bonds. The standard InChI is InChI=1S/C38H41ClF4N4O8S3/c1-37(2,3)55-32(48)19-23(16-22-17-24(40)20-25(41)18-22)34-28(11-8-26(44-34)14-15-38(4,5)58(53,54)27-9-10-27)29-12-13-30(39)33-35(29)46(21-31(42)43)45-36(33)47(56(6,49)50)57(7,51)52/h8,11-13,17-18,20,23,27,31H,9-10,16,19,21H2,1-7H3/t23-/m1/s1. The highest BCUT2D eigenvalue weighted by molar-refractivity contribution is 8.09. The van der Waals surface area contributed by atoms with Crippen LogP contribution in [0.5, 0.6) is 0 Å². The van der Waals surface area contributed by atoms with Crippen molar-refractivity contribution in [1.82, 2.24) is 14.8 Å². The van der Waals surface area contributed by atoms with Crippen molar-refractivity contribution in [3.63, 3.8) is 0 Å². The largest absolute Gasteiger partial charge is 0.460 e. The van der Waals surface area contributed by atoms with E-state index in [0.29, 0.717) is 36.1 Å². The van der Waals surface area contributed by atoms with Crippen molar-refractivity contribution in [1.29, 1.82) is 0 Å². The summed E-state index contributed by atoms with van der Waals surface area (Å²) in [5.74, 6) is 1.12. The molecule has 0 unspecified atom stereocenters. The Labute approximate surface area is 339 Å². The van der Waals surface area contributed by atoms with E-state index in [0.717, 1.165) is 12.1 Å². The van der Waals surface area contributed by atoms with Gasteiger partial charge in [0, 0.05) is 23.1 Å². The van der Waals surface area contributed by atoms with Crippen LogP contribution >= 0.6 is 11.6 Å². The summed E-state index contributed by atoms with van der Waals surface area (Å²) in [5.41, 5.74) is -1.01. The van der Waals surface area contributed by atoms with Crippen molar-refractivity contribution in [3.8, 4) is 23.0 Å². The molecule has 0 saturated heterocycles. The van der Waals surface area contributed by atoms with Crippen LogP contribution in [0.1, 0.15) is 76.8 Å². The van der Waals surface area contributed by atoms with Gasteiger partial charge in [0.25, 0.3) is 6.43 Å². The molecule has 1 fully saturated rings. The number of sulfone groups is 1. The first kappa shape index (κ1) is 44.8. The van der Waals surface area contributed by atoms with Gasteiger partial charge in [0.1, 0.15) is 34.2 Å². The van der Waals surface area contributed by atoms with E-state index >= 15 is 0 Å². The molecule has 2 heterocycles. The molecule has 314 valence electrons. The average Bonchev–Trinajstić information content (AvgIpc) is 3.85. The fourth-order valence-corrected chi connectivity index (χ4v) is 11.3. The SMILES string of the molecule is CC(C)(C)OC(=O)C[C@@H](Cc1cc(F)cc(F)c1)c1nc(C#CC(C)(C)S(=O)(=O)C2CC2)ccc1-c1ccc(Cl)c2c(N(S(C)(=O)=O)S(C)(=O)=O)nn(CC(F)F)c12. The van der Waals surface area contributed by atoms with Gasteiger partial charge in [0.2, 0.25) is 20.0 Å². The highest BCUT2D eigenvalue weighted by atomic mass is 35.5. The van der Waals surface area contributed by atoms with Crippen LogP contribution in [-0.4, -0.2) is 80.5 Å². The molecule has 2 aromatic heterocycles. The molecular formula is C38H41ClF4N4O8S3. The van der Waals surface area contributed by atoms with Crippen LogP contribution in [0.4, 0.5) is 23.4 Å². The minimum absolute atomic E-state index is 0.00300. The Kier molecular flexibility index (Phi) is 12.4. The second kappa shape index (κ2) is 16.1. The number of esters is 1. The number of rotatable bonds is 13. The molecule has 1 atom stereocenters. The number of carbonyl (C=O) groups is 1. The van der Waals surface area contributed by atoms with Crippen LogP contribution in [0.2, 0.25) is 5.02 Å². The Balaban J connectivity index is 1.87. The molecule has 0 spiro atoms. The lowest BCUT2D eigenvalue weighted by Crippen LogP contribution is -2.35. The summed E-state index contributed by atoms with van der Waals surface area (Å²) in [6, 6.07) is 8.22. The fourth-order valence-electron chi connectivity index (χ4n) is 6.46. The van der Waals surface area contributed by atoms with E-state index in [4.69, 9.17) is 21.3 Å². The summed E-state index contributed by atoms with van der Waals surface area (Å²) in [5, 5.41) is 2.90. The molecule has 2 aromatic carbocycles. The Hall–Kier alpha value is -4.25. The number of anilines is 1. The molecule has 1 saturated carbocycles. The highest BCUT2D eigenvalue weighted by Crippen LogP contribution is 2.43. The monoisotopic (exact) mass is 888 g/mol. The number of nitrogens with zero attached hydrogens (tertiary/aromatic N) is 4. The molecule has 0 aliphatic heterocycles. The summed E-state index contributed by atoms with van der Waals surface area (Å²) < 4.78 is 140. The number of sulfonamides is 2. The Morgan fingerprint density at radius 2 is 1.53 bits per heavy atom. The number of benzene rings is 2. The van der Waals surface area contributed by atoms with Gasteiger partial charge in [-0.1, -0.05) is 23.6 Å². The average molecular weight is 889 g/mol. The van der Waals surface area contributed by atoms with E-state index in [2.05, 4.69) is 16.9 Å². The molecule has 20 heteroatoms. The van der Waals surface area contributed by atoms with E-state index in [1.807, 2.05) is 0 Å². The zero-order valence-corrected chi connectivity index (χ0v) is 35.7. The number of hydrogen-bond donors (Lipinski definition) is 0. The molecule has 0 N–H and O–H groups in total. The van der Waals surface area contributed by atoms with Gasteiger partial charge < -0.3 is 4.74 Å². The molecule has 12 nitrogen and oxygen atoms in total. The molecule has 0 bridgehead atoms. The molecule has 1 aliphatic rings. The van der Waals surface area contributed by atoms with E-state index in [1.165, 1.54) is 38.1 Å². The van der Waals surface area contributed by atoms with Gasteiger partial charge in [-0.2, -0.15) is 5.10 Å². The van der Waals surface area contributed by atoms with Crippen LogP contribution in [0, 0.1) is 23.5 Å². The molecular weight excluding hydrogens is 848 g/mol. The second-order valence-electron chi connectivity index (χ2n) is 15.5. The van der Waals surface area contributed by atoms with Gasteiger partial charge in [0.05, 0.1) is 45.8 Å². The van der Waals surface area contributed by atoms with E-state index < -0.39 is 94.2 Å². The lowest BCUT2D eigenvalue weighted by molar-refractivity contribution is -0.155. The number of carbonyl (C=O) groups excluding carboxylic acids is 1. The van der Waals surface area contributed by atoms with Crippen LogP contribution in [-0.2, 0) is 52.4 Å². The van der Waals surface area contributed by atoms with Crippen molar-refractivity contribution in [3.05, 3.63) is 76.1 Å². The summed E-state index contributed by atoms with van der Waals surface area (Å²) in [7, 11) is -13.0. The summed E-state index contributed by atoms with van der Waals surface area (Å²) in [6.45, 7) is 6.63. The number of hydrogen-bond acceptors (Lipinski definition) is 10. The third-order valence-corrected chi connectivity index (χ3v) is 15.3. The zero-order chi connectivity index (χ0) is 43.3. The molecule has 58 heavy (non-hydrogen) atoms. The zero-order valence-electron chi connectivity index (χ0n) is 32.5. The van der Waals surface area contributed by atoms with Crippen molar-refractivity contribution >= 4 is 64.2 Å². The number of aromatic nitrogens is 3. The predicted molar refractivity (Wildman–Crippen MR) is 212 cm³/mol. The maximum atomic E-state index is 14.6. The number of halogens is 5. The normalized spacial score (nSPS) is 14.6. The first-order chi connectivity index (χ1) is 26.6. The third kappa shape index (κ3) is 10.1. The lowest BCUT2D eigenvalue weighted by atomic mass is 9.87. The maximum absolute atomic E-state index is 14.6. The highest BCUT2D eigenvalue weighted by Gasteiger charge is 2.45. The van der Waals surface area contributed by atoms with Crippen LogP contribution in [0.25, 0.3) is 22.0 Å². The third-order valence-electron chi connectivity index (χ3n) is 8.92. The lowest BCUT2D eigenvalue weighted by Gasteiger charge is -2.24. The van der Waals surface area contributed by atoms with Gasteiger partial charge >= 0.3 is 5.97 Å². The number of alkyl halides is 2. The van der Waals surface area contributed by atoms with Gasteiger partial charge in [-0.25, -0.2) is 47.8 Å². The van der Waals surface area contributed by atoms with Crippen LogP contribution in [0.3, 0.4) is 0 Å². The van der Waals surface area contributed by atoms with Crippen molar-refractivity contribution < 1.29 is 52.3 Å². The second-order valence-corrected chi connectivity index (χ2v) is 22.6. The first-order valence-corrected chi connectivity index (χ1v) is 23.3. The van der Waals surface area contributed by atoms with Crippen LogP contribution in [0.15, 0.2) is 42.5 Å². The maximum Gasteiger partial charge on any atom is 0.306 e. The van der Waals surface area contributed by atoms with Gasteiger partial charge in [0.15, 0.2) is 15.7 Å². The topological polar surface area (TPSA) is 163 Å². The van der Waals surface area contributed by atoms with Gasteiger partial charge in [-0.05, 0) is 95.7 Å². The number of ether oxygens (including phenoxy) is 1. The van der Waals surface area contributed by atoms with Crippen molar-refractivity contribution in [2.75, 3.05) is 16.2 Å². The summed E-state index contributed by atoms with van der Waals surface area (Å²) in [4.78, 5) is 18.3. The van der Waals surface area contributed by atoms with E-state index in [9.17, 15) is 47.6 Å². The Morgan fingerprint density at radius 3 is 2.07 bits per heavy atom.